The van der Waals surface area contributed by atoms with E-state index in [4.69, 9.17) is 9.84 Å². The summed E-state index contributed by atoms with van der Waals surface area (Å²) in [7, 11) is 0. The molecule has 1 rings (SSSR count). The number of hydrogen-bond donors (Lipinski definition) is 1. The number of rotatable bonds is 3. The fourth-order valence-corrected chi connectivity index (χ4v) is 1.92. The summed E-state index contributed by atoms with van der Waals surface area (Å²) in [5.41, 5.74) is -3.25. The van der Waals surface area contributed by atoms with E-state index in [2.05, 4.69) is 0 Å². The first-order chi connectivity index (χ1) is 6.69. The molecule has 86 valence electrons. The lowest BCUT2D eigenvalue weighted by Crippen LogP contribution is -2.57. The maximum Gasteiger partial charge on any atom is 0.323 e. The standard InChI is InChI=1S/C10H15FO4/c1-6(2)15-8(14)10(7(12)13)4-9(3,11)5-10/h6H,4-5H2,1-3H3,(H,12,13). The van der Waals surface area contributed by atoms with E-state index in [9.17, 15) is 14.0 Å². The van der Waals surface area contributed by atoms with Gasteiger partial charge in [-0.05, 0) is 20.8 Å². The van der Waals surface area contributed by atoms with Crippen LogP contribution in [0.3, 0.4) is 0 Å². The molecule has 5 heteroatoms. The van der Waals surface area contributed by atoms with Gasteiger partial charge in [-0.2, -0.15) is 0 Å². The molecule has 0 heterocycles. The molecule has 1 aliphatic rings. The minimum Gasteiger partial charge on any atom is -0.480 e. The van der Waals surface area contributed by atoms with Gasteiger partial charge in [-0.15, -0.1) is 0 Å². The van der Waals surface area contributed by atoms with Crippen molar-refractivity contribution in [2.75, 3.05) is 0 Å². The van der Waals surface area contributed by atoms with Gasteiger partial charge in [-0.25, -0.2) is 4.39 Å². The Morgan fingerprint density at radius 3 is 2.13 bits per heavy atom. The monoisotopic (exact) mass is 218 g/mol. The largest absolute Gasteiger partial charge is 0.480 e. The summed E-state index contributed by atoms with van der Waals surface area (Å²) in [6.45, 7) is 4.54. The van der Waals surface area contributed by atoms with Crippen molar-refractivity contribution in [3.63, 3.8) is 0 Å². The van der Waals surface area contributed by atoms with Gasteiger partial charge in [-0.3, -0.25) is 9.59 Å². The smallest absolute Gasteiger partial charge is 0.323 e. The second-order valence-electron chi connectivity index (χ2n) is 4.61. The van der Waals surface area contributed by atoms with Crippen LogP contribution < -0.4 is 0 Å². The lowest BCUT2D eigenvalue weighted by Gasteiger charge is -2.44. The van der Waals surface area contributed by atoms with E-state index in [-0.39, 0.29) is 18.9 Å². The third-order valence-corrected chi connectivity index (χ3v) is 2.48. The van der Waals surface area contributed by atoms with E-state index in [0.29, 0.717) is 0 Å². The zero-order valence-corrected chi connectivity index (χ0v) is 9.04. The van der Waals surface area contributed by atoms with Crippen LogP contribution in [0.5, 0.6) is 0 Å². The highest BCUT2D eigenvalue weighted by Crippen LogP contribution is 2.51. The predicted molar refractivity (Wildman–Crippen MR) is 50.0 cm³/mol. The first-order valence-electron chi connectivity index (χ1n) is 4.83. The molecule has 1 saturated carbocycles. The number of halogens is 1. The molecule has 0 atom stereocenters. The highest BCUT2D eigenvalue weighted by molar-refractivity contribution is 6.00. The van der Waals surface area contributed by atoms with E-state index in [1.165, 1.54) is 6.92 Å². The Kier molecular flexibility index (Phi) is 2.76. The van der Waals surface area contributed by atoms with Crippen molar-refractivity contribution < 1.29 is 23.8 Å². The van der Waals surface area contributed by atoms with Crippen LogP contribution in [0.25, 0.3) is 0 Å². The van der Waals surface area contributed by atoms with Crippen LogP contribution in [0.4, 0.5) is 4.39 Å². The van der Waals surface area contributed by atoms with Crippen molar-refractivity contribution >= 4 is 11.9 Å². The summed E-state index contributed by atoms with van der Waals surface area (Å²) >= 11 is 0. The number of carbonyl (C=O) groups excluding carboxylic acids is 1. The van der Waals surface area contributed by atoms with E-state index >= 15 is 0 Å². The quantitative estimate of drug-likeness (QED) is 0.576. The first-order valence-corrected chi connectivity index (χ1v) is 4.83. The van der Waals surface area contributed by atoms with Gasteiger partial charge >= 0.3 is 11.9 Å². The van der Waals surface area contributed by atoms with Crippen molar-refractivity contribution in [2.45, 2.75) is 45.4 Å². The van der Waals surface area contributed by atoms with Gasteiger partial charge in [-0.1, -0.05) is 0 Å². The Morgan fingerprint density at radius 2 is 1.87 bits per heavy atom. The first kappa shape index (κ1) is 11.9. The fourth-order valence-electron chi connectivity index (χ4n) is 1.92. The Morgan fingerprint density at radius 1 is 1.40 bits per heavy atom. The topological polar surface area (TPSA) is 63.6 Å². The molecule has 15 heavy (non-hydrogen) atoms. The molecule has 0 unspecified atom stereocenters. The SMILES string of the molecule is CC(C)OC(=O)C1(C(=O)O)CC(C)(F)C1. The van der Waals surface area contributed by atoms with Gasteiger partial charge in [0.05, 0.1) is 6.10 Å². The van der Waals surface area contributed by atoms with Gasteiger partial charge in [0, 0.05) is 12.8 Å². The summed E-state index contributed by atoms with van der Waals surface area (Å²) in [5, 5.41) is 8.93. The minimum absolute atomic E-state index is 0.305. The van der Waals surface area contributed by atoms with Gasteiger partial charge in [0.15, 0.2) is 5.41 Å². The van der Waals surface area contributed by atoms with Crippen LogP contribution in [-0.4, -0.2) is 28.8 Å². The minimum atomic E-state index is -1.67. The Hall–Kier alpha value is -1.13. The molecule has 1 aliphatic carbocycles. The Bertz CT molecular complexity index is 288. The lowest BCUT2D eigenvalue weighted by molar-refractivity contribution is -0.190. The molecular weight excluding hydrogens is 203 g/mol. The van der Waals surface area contributed by atoms with Crippen LogP contribution in [-0.2, 0) is 14.3 Å². The van der Waals surface area contributed by atoms with E-state index in [0.717, 1.165) is 0 Å². The molecule has 0 aromatic heterocycles. The lowest BCUT2D eigenvalue weighted by atomic mass is 9.60. The summed E-state index contributed by atoms with van der Waals surface area (Å²) < 4.78 is 18.1. The molecule has 0 aliphatic heterocycles. The van der Waals surface area contributed by atoms with Gasteiger partial charge < -0.3 is 9.84 Å². The molecule has 0 radical (unpaired) electrons. The number of aliphatic carboxylic acids is 1. The summed E-state index contributed by atoms with van der Waals surface area (Å²) in [5.74, 6) is -2.14. The van der Waals surface area contributed by atoms with E-state index in [1.54, 1.807) is 13.8 Å². The molecular formula is C10H15FO4. The molecule has 0 saturated heterocycles. The predicted octanol–water partition coefficient (Wildman–Crippen LogP) is 1.53. The molecule has 4 nitrogen and oxygen atoms in total. The summed E-state index contributed by atoms with van der Waals surface area (Å²) in [6.07, 6.45) is -0.998. The third kappa shape index (κ3) is 2.11. The molecule has 1 fully saturated rings. The molecule has 0 spiro atoms. The van der Waals surface area contributed by atoms with Gasteiger partial charge in [0.2, 0.25) is 0 Å². The number of carbonyl (C=O) groups is 2. The number of esters is 1. The highest BCUT2D eigenvalue weighted by atomic mass is 19.1. The molecule has 0 aromatic carbocycles. The molecule has 0 bridgehead atoms. The van der Waals surface area contributed by atoms with E-state index in [1.807, 2.05) is 0 Å². The average molecular weight is 218 g/mol. The molecule has 1 N–H and O–H groups in total. The number of carboxylic acids is 1. The fraction of sp³-hybridized carbons (Fsp3) is 0.800. The molecule has 0 amide bonds. The molecule has 0 aromatic rings. The second-order valence-corrected chi connectivity index (χ2v) is 4.61. The van der Waals surface area contributed by atoms with Crippen LogP contribution in [0.15, 0.2) is 0 Å². The Labute approximate surface area is 87.4 Å². The van der Waals surface area contributed by atoms with Gasteiger partial charge in [0.1, 0.15) is 5.67 Å². The normalized spacial score (nSPS) is 34.7. The van der Waals surface area contributed by atoms with Crippen molar-refractivity contribution in [3.8, 4) is 0 Å². The van der Waals surface area contributed by atoms with Crippen molar-refractivity contribution in [1.82, 2.24) is 0 Å². The number of carboxylic acid groups (broad SMARTS) is 1. The van der Waals surface area contributed by atoms with Crippen molar-refractivity contribution in [1.29, 1.82) is 0 Å². The van der Waals surface area contributed by atoms with Crippen molar-refractivity contribution in [2.24, 2.45) is 5.41 Å². The van der Waals surface area contributed by atoms with E-state index < -0.39 is 23.0 Å². The third-order valence-electron chi connectivity index (χ3n) is 2.48. The maximum atomic E-state index is 13.3. The van der Waals surface area contributed by atoms with Crippen LogP contribution in [0.1, 0.15) is 33.6 Å². The summed E-state index contributed by atoms with van der Waals surface area (Å²) in [6, 6.07) is 0. The number of ether oxygens (including phenoxy) is 1. The van der Waals surface area contributed by atoms with Gasteiger partial charge in [0.25, 0.3) is 0 Å². The zero-order chi connectivity index (χ0) is 11.9. The number of hydrogen-bond acceptors (Lipinski definition) is 3. The maximum absolute atomic E-state index is 13.3. The Balaban J connectivity index is 2.78. The number of alkyl halides is 1. The summed E-state index contributed by atoms with van der Waals surface area (Å²) in [4.78, 5) is 22.5. The van der Waals surface area contributed by atoms with Crippen LogP contribution in [0.2, 0.25) is 0 Å². The average Bonchev–Trinajstić information content (AvgIpc) is 1.96. The zero-order valence-electron chi connectivity index (χ0n) is 9.04. The van der Waals surface area contributed by atoms with Crippen LogP contribution >= 0.6 is 0 Å². The van der Waals surface area contributed by atoms with Crippen LogP contribution in [0, 0.1) is 5.41 Å². The highest BCUT2D eigenvalue weighted by Gasteiger charge is 2.63. The second kappa shape index (κ2) is 3.47. The van der Waals surface area contributed by atoms with Crippen molar-refractivity contribution in [3.05, 3.63) is 0 Å².